The molecular weight excluding hydrogens is 635 g/mol. The largest absolute Gasteiger partial charge is 0.308 e. The highest BCUT2D eigenvalue weighted by Gasteiger charge is 2.24. The molecule has 52 heavy (non-hydrogen) atoms. The molecule has 11 aromatic rings. The number of aromatic nitrogens is 5. The molecule has 0 saturated heterocycles. The number of rotatable bonds is 4. The number of fused-ring (bicyclic) bond motifs is 14. The van der Waals surface area contributed by atoms with Crippen molar-refractivity contribution in [1.82, 2.24) is 23.5 Å². The van der Waals surface area contributed by atoms with Crippen molar-refractivity contribution >= 4 is 88.2 Å². The molecule has 5 nitrogen and oxygen atoms in total. The highest BCUT2D eigenvalue weighted by atomic mass is 15.1. The first-order valence-electron chi connectivity index (χ1n) is 18.0. The van der Waals surface area contributed by atoms with Gasteiger partial charge >= 0.3 is 0 Å². The lowest BCUT2D eigenvalue weighted by molar-refractivity contribution is 1.06. The van der Waals surface area contributed by atoms with Gasteiger partial charge in [-0.15, -0.1) is 0 Å². The Bertz CT molecular complexity index is 3280. The number of aryl methyl sites for hydroxylation is 1. The molecule has 5 aromatic heterocycles. The fourth-order valence-corrected chi connectivity index (χ4v) is 8.71. The van der Waals surface area contributed by atoms with Gasteiger partial charge in [0.05, 0.1) is 44.1 Å². The minimum atomic E-state index is 0.922. The highest BCUT2D eigenvalue weighted by molar-refractivity contribution is 6.20. The number of allylic oxidation sites excluding steroid dienone is 1. The number of nitrogens with zero attached hydrogens (tertiary/aromatic N) is 5. The van der Waals surface area contributed by atoms with E-state index < -0.39 is 0 Å². The number of para-hydroxylation sites is 5. The minimum Gasteiger partial charge on any atom is -0.308 e. The van der Waals surface area contributed by atoms with Crippen molar-refractivity contribution in [2.45, 2.75) is 20.3 Å². The van der Waals surface area contributed by atoms with Crippen LogP contribution in [0.2, 0.25) is 0 Å². The maximum atomic E-state index is 5.27. The third kappa shape index (κ3) is 3.88. The zero-order valence-electron chi connectivity index (χ0n) is 28.9. The lowest BCUT2D eigenvalue weighted by atomic mass is 10.1. The summed E-state index contributed by atoms with van der Waals surface area (Å²) in [6.07, 6.45) is 5.35. The number of benzene rings is 6. The normalized spacial score (nSPS) is 12.4. The van der Waals surface area contributed by atoms with E-state index in [4.69, 9.17) is 9.97 Å². The lowest BCUT2D eigenvalue weighted by Gasteiger charge is -2.15. The Morgan fingerprint density at radius 1 is 0.538 bits per heavy atom. The van der Waals surface area contributed by atoms with Crippen LogP contribution in [-0.4, -0.2) is 23.5 Å². The van der Waals surface area contributed by atoms with Crippen LogP contribution in [0.4, 0.5) is 0 Å². The van der Waals surface area contributed by atoms with Crippen LogP contribution in [0, 0.1) is 0 Å². The van der Waals surface area contributed by atoms with Crippen LogP contribution < -0.4 is 0 Å². The van der Waals surface area contributed by atoms with Crippen LogP contribution in [0.25, 0.3) is 99.5 Å². The third-order valence-corrected chi connectivity index (χ3v) is 10.9. The molecule has 0 bridgehead atoms. The summed E-state index contributed by atoms with van der Waals surface area (Å²) in [6, 6.07) is 50.2. The van der Waals surface area contributed by atoms with Crippen molar-refractivity contribution in [1.29, 1.82) is 0 Å². The van der Waals surface area contributed by atoms with E-state index in [1.54, 1.807) is 0 Å². The van der Waals surface area contributed by atoms with Gasteiger partial charge < -0.3 is 9.13 Å². The average molecular weight is 668 g/mol. The van der Waals surface area contributed by atoms with Crippen LogP contribution >= 0.6 is 0 Å². The predicted octanol–water partition coefficient (Wildman–Crippen LogP) is 12.0. The SMILES string of the molecule is C/C=C\c1c(CC)c2ccc3c4ccccc4n(-c4ccc5c6nc7ccccc7cc6c6nc7ccccc7n6c5c4)c3c2n1-c1ccccc1. The number of hydrogen-bond donors (Lipinski definition) is 0. The van der Waals surface area contributed by atoms with Crippen molar-refractivity contribution in [3.63, 3.8) is 0 Å². The van der Waals surface area contributed by atoms with E-state index in [0.717, 1.165) is 67.2 Å². The summed E-state index contributed by atoms with van der Waals surface area (Å²) in [5.74, 6) is 0. The van der Waals surface area contributed by atoms with E-state index in [9.17, 15) is 0 Å². The van der Waals surface area contributed by atoms with Gasteiger partial charge in [0, 0.05) is 49.4 Å². The van der Waals surface area contributed by atoms with Gasteiger partial charge in [0.2, 0.25) is 0 Å². The first-order chi connectivity index (χ1) is 25.7. The van der Waals surface area contributed by atoms with Gasteiger partial charge in [0.15, 0.2) is 0 Å². The fourth-order valence-electron chi connectivity index (χ4n) is 8.71. The van der Waals surface area contributed by atoms with Gasteiger partial charge in [-0.05, 0) is 85.6 Å². The van der Waals surface area contributed by atoms with Crippen LogP contribution in [0.3, 0.4) is 0 Å². The second kappa shape index (κ2) is 10.9. The van der Waals surface area contributed by atoms with Gasteiger partial charge in [-0.1, -0.05) is 91.9 Å². The monoisotopic (exact) mass is 667 g/mol. The molecule has 0 fully saturated rings. The van der Waals surface area contributed by atoms with E-state index in [1.165, 1.54) is 44.0 Å². The van der Waals surface area contributed by atoms with Gasteiger partial charge in [-0.25, -0.2) is 9.97 Å². The van der Waals surface area contributed by atoms with E-state index in [2.05, 4.69) is 179 Å². The molecule has 0 aliphatic rings. The van der Waals surface area contributed by atoms with Crippen LogP contribution in [-0.2, 0) is 6.42 Å². The molecule has 5 heteroatoms. The first kappa shape index (κ1) is 29.1. The Morgan fingerprint density at radius 3 is 2.10 bits per heavy atom. The maximum absolute atomic E-state index is 5.27. The van der Waals surface area contributed by atoms with Gasteiger partial charge in [-0.2, -0.15) is 0 Å². The van der Waals surface area contributed by atoms with E-state index >= 15 is 0 Å². The third-order valence-electron chi connectivity index (χ3n) is 10.9. The number of hydrogen-bond acceptors (Lipinski definition) is 2. The molecule has 0 saturated carbocycles. The van der Waals surface area contributed by atoms with Crippen LogP contribution in [0.15, 0.2) is 146 Å². The molecule has 246 valence electrons. The van der Waals surface area contributed by atoms with Crippen molar-refractivity contribution in [2.75, 3.05) is 0 Å². The molecule has 5 heterocycles. The quantitative estimate of drug-likeness (QED) is 0.138. The Morgan fingerprint density at radius 2 is 1.25 bits per heavy atom. The molecular formula is C47H33N5. The van der Waals surface area contributed by atoms with Crippen molar-refractivity contribution in [3.8, 4) is 11.4 Å². The van der Waals surface area contributed by atoms with Gasteiger partial charge in [-0.3, -0.25) is 4.40 Å². The second-order valence-corrected chi connectivity index (χ2v) is 13.6. The molecule has 0 spiro atoms. The minimum absolute atomic E-state index is 0.922. The van der Waals surface area contributed by atoms with E-state index in [1.807, 2.05) is 0 Å². The summed E-state index contributed by atoms with van der Waals surface area (Å²) in [6.45, 7) is 4.37. The zero-order chi connectivity index (χ0) is 34.5. The fraction of sp³-hybridized carbons (Fsp3) is 0.0638. The Hall–Kier alpha value is -6.72. The molecule has 0 unspecified atom stereocenters. The number of pyridine rings is 2. The molecule has 6 aromatic carbocycles. The van der Waals surface area contributed by atoms with Crippen LogP contribution in [0.1, 0.15) is 25.1 Å². The average Bonchev–Trinajstić information content (AvgIpc) is 3.85. The Kier molecular flexibility index (Phi) is 6.08. The zero-order valence-corrected chi connectivity index (χ0v) is 28.9. The Balaban J connectivity index is 1.34. The second-order valence-electron chi connectivity index (χ2n) is 13.6. The van der Waals surface area contributed by atoms with Crippen LogP contribution in [0.5, 0.6) is 0 Å². The van der Waals surface area contributed by atoms with Crippen molar-refractivity contribution in [2.24, 2.45) is 0 Å². The smallest absolute Gasteiger partial charge is 0.147 e. The lowest BCUT2D eigenvalue weighted by Crippen LogP contribution is -2.01. The predicted molar refractivity (Wildman–Crippen MR) is 218 cm³/mol. The standard InChI is InChI=1S/C47H33N5/c1-3-14-40-32(4-2)34-25-26-35-33-18-9-12-21-41(33)51(46(35)45(34)50(40)30-16-6-5-7-17-30)31-23-24-36-43(28-31)52-42-22-13-11-20-39(42)49-47(52)37-27-29-15-8-10-19-38(29)48-44(36)37/h3,5-28H,4H2,1-2H3/b14-3-. The van der Waals surface area contributed by atoms with Crippen molar-refractivity contribution in [3.05, 3.63) is 157 Å². The summed E-state index contributed by atoms with van der Waals surface area (Å²) in [5.41, 5.74) is 14.4. The first-order valence-corrected chi connectivity index (χ1v) is 18.0. The molecule has 11 rings (SSSR count). The maximum Gasteiger partial charge on any atom is 0.147 e. The molecule has 0 radical (unpaired) electrons. The summed E-state index contributed by atoms with van der Waals surface area (Å²) < 4.78 is 7.28. The molecule has 0 aliphatic heterocycles. The molecule has 0 N–H and O–H groups in total. The summed E-state index contributed by atoms with van der Waals surface area (Å²) in [7, 11) is 0. The van der Waals surface area contributed by atoms with Crippen molar-refractivity contribution < 1.29 is 0 Å². The summed E-state index contributed by atoms with van der Waals surface area (Å²) in [4.78, 5) is 10.5. The number of imidazole rings is 1. The highest BCUT2D eigenvalue weighted by Crippen LogP contribution is 2.42. The van der Waals surface area contributed by atoms with Gasteiger partial charge in [0.25, 0.3) is 0 Å². The molecule has 0 aliphatic carbocycles. The molecule has 0 amide bonds. The summed E-state index contributed by atoms with van der Waals surface area (Å²) in [5, 5.41) is 7.01. The van der Waals surface area contributed by atoms with Gasteiger partial charge in [0.1, 0.15) is 5.65 Å². The Labute approximate surface area is 299 Å². The molecule has 0 atom stereocenters. The topological polar surface area (TPSA) is 40.1 Å². The van der Waals surface area contributed by atoms with E-state index in [0.29, 0.717) is 0 Å². The summed E-state index contributed by atoms with van der Waals surface area (Å²) >= 11 is 0. The van der Waals surface area contributed by atoms with E-state index in [-0.39, 0.29) is 0 Å².